The molecule has 2 aromatic rings. The first-order chi connectivity index (χ1) is 11.7. The smallest absolute Gasteiger partial charge is 0.255 e. The second kappa shape index (κ2) is 9.54. The van der Waals surface area contributed by atoms with Crippen LogP contribution in [0.4, 0.5) is 5.69 Å². The van der Waals surface area contributed by atoms with Gasteiger partial charge in [0.25, 0.3) is 5.91 Å². The molecule has 0 bridgehead atoms. The lowest BCUT2D eigenvalue weighted by Crippen LogP contribution is -2.12. The maximum absolute atomic E-state index is 12.2. The Hall–Kier alpha value is -2.57. The molecule has 6 heteroatoms. The molecule has 3 N–H and O–H groups in total. The number of methoxy groups -OCH3 is 1. The van der Waals surface area contributed by atoms with E-state index in [-0.39, 0.29) is 5.91 Å². The van der Waals surface area contributed by atoms with Crippen LogP contribution in [0.25, 0.3) is 0 Å². The standard InChI is InChI=1S/C18H22N2O4/c1-22-12-13-24-16-6-2-14(3-7-16)18(21)20-15-4-8-17(9-5-15)23-11-10-19/h2-9H,10-13,19H2,1H3,(H,20,21). The minimum Gasteiger partial charge on any atom is -0.492 e. The van der Waals surface area contributed by atoms with Crippen molar-refractivity contribution < 1.29 is 19.0 Å². The predicted octanol–water partition coefficient (Wildman–Crippen LogP) is 2.30. The van der Waals surface area contributed by atoms with Crippen LogP contribution < -0.4 is 20.5 Å². The number of nitrogens with two attached hydrogens (primary N) is 1. The number of rotatable bonds is 9. The van der Waals surface area contributed by atoms with Gasteiger partial charge < -0.3 is 25.3 Å². The van der Waals surface area contributed by atoms with Crippen molar-refractivity contribution in [3.05, 3.63) is 54.1 Å². The zero-order chi connectivity index (χ0) is 17.2. The number of anilines is 1. The van der Waals surface area contributed by atoms with Crippen molar-refractivity contribution in [3.63, 3.8) is 0 Å². The van der Waals surface area contributed by atoms with E-state index in [1.54, 1.807) is 55.6 Å². The van der Waals surface area contributed by atoms with Gasteiger partial charge in [0, 0.05) is 24.9 Å². The first-order valence-corrected chi connectivity index (χ1v) is 7.69. The van der Waals surface area contributed by atoms with Crippen molar-refractivity contribution in [2.75, 3.05) is 38.8 Å². The van der Waals surface area contributed by atoms with Gasteiger partial charge in [-0.15, -0.1) is 0 Å². The minimum absolute atomic E-state index is 0.186. The number of carbonyl (C=O) groups is 1. The second-order valence-corrected chi connectivity index (χ2v) is 4.98. The van der Waals surface area contributed by atoms with Gasteiger partial charge in [0.1, 0.15) is 24.7 Å². The molecule has 2 rings (SSSR count). The van der Waals surface area contributed by atoms with Gasteiger partial charge in [-0.3, -0.25) is 4.79 Å². The molecule has 0 fully saturated rings. The first kappa shape index (κ1) is 17.8. The van der Waals surface area contributed by atoms with E-state index in [2.05, 4.69) is 5.32 Å². The van der Waals surface area contributed by atoms with Crippen molar-refractivity contribution in [1.82, 2.24) is 0 Å². The fourth-order valence-electron chi connectivity index (χ4n) is 1.96. The molecule has 0 aromatic heterocycles. The van der Waals surface area contributed by atoms with E-state index in [9.17, 15) is 4.79 Å². The normalized spacial score (nSPS) is 10.2. The van der Waals surface area contributed by atoms with Gasteiger partial charge in [-0.05, 0) is 48.5 Å². The molecule has 0 saturated heterocycles. The Morgan fingerprint density at radius 3 is 2.08 bits per heavy atom. The van der Waals surface area contributed by atoms with Crippen molar-refractivity contribution in [1.29, 1.82) is 0 Å². The molecular formula is C18H22N2O4. The van der Waals surface area contributed by atoms with Crippen LogP contribution >= 0.6 is 0 Å². The molecule has 24 heavy (non-hydrogen) atoms. The summed E-state index contributed by atoms with van der Waals surface area (Å²) >= 11 is 0. The number of ether oxygens (including phenoxy) is 3. The Labute approximate surface area is 141 Å². The average molecular weight is 330 g/mol. The van der Waals surface area contributed by atoms with Crippen molar-refractivity contribution in [2.45, 2.75) is 0 Å². The monoisotopic (exact) mass is 330 g/mol. The molecule has 0 saturated carbocycles. The Bertz CT molecular complexity index is 626. The van der Waals surface area contributed by atoms with Crippen molar-refractivity contribution in [3.8, 4) is 11.5 Å². The van der Waals surface area contributed by atoms with Gasteiger partial charge in [0.2, 0.25) is 0 Å². The quantitative estimate of drug-likeness (QED) is 0.689. The third-order valence-corrected chi connectivity index (χ3v) is 3.17. The molecule has 0 radical (unpaired) electrons. The van der Waals surface area contributed by atoms with Gasteiger partial charge >= 0.3 is 0 Å². The largest absolute Gasteiger partial charge is 0.492 e. The fraction of sp³-hybridized carbons (Fsp3) is 0.278. The molecule has 0 heterocycles. The number of hydrogen-bond donors (Lipinski definition) is 2. The summed E-state index contributed by atoms with van der Waals surface area (Å²) in [6, 6.07) is 14.1. The van der Waals surface area contributed by atoms with Crippen LogP contribution in [0.5, 0.6) is 11.5 Å². The van der Waals surface area contributed by atoms with Crippen LogP contribution in [0.2, 0.25) is 0 Å². The molecule has 0 spiro atoms. The predicted molar refractivity (Wildman–Crippen MR) is 92.8 cm³/mol. The Kier molecular flexibility index (Phi) is 7.07. The van der Waals surface area contributed by atoms with E-state index < -0.39 is 0 Å². The SMILES string of the molecule is COCCOc1ccc(C(=O)Nc2ccc(OCCN)cc2)cc1. The Morgan fingerprint density at radius 2 is 1.50 bits per heavy atom. The van der Waals surface area contributed by atoms with Gasteiger partial charge in [-0.25, -0.2) is 0 Å². The van der Waals surface area contributed by atoms with Crippen LogP contribution in [-0.2, 0) is 4.74 Å². The third-order valence-electron chi connectivity index (χ3n) is 3.17. The van der Waals surface area contributed by atoms with Gasteiger partial charge in [0.05, 0.1) is 6.61 Å². The zero-order valence-corrected chi connectivity index (χ0v) is 13.7. The molecule has 0 unspecified atom stereocenters. The van der Waals surface area contributed by atoms with E-state index in [1.807, 2.05) is 0 Å². The maximum Gasteiger partial charge on any atom is 0.255 e. The lowest BCUT2D eigenvalue weighted by molar-refractivity contribution is 0.102. The van der Waals surface area contributed by atoms with Crippen LogP contribution in [0.3, 0.4) is 0 Å². The second-order valence-electron chi connectivity index (χ2n) is 4.98. The van der Waals surface area contributed by atoms with Gasteiger partial charge in [0.15, 0.2) is 0 Å². The number of nitrogens with one attached hydrogen (secondary N) is 1. The molecule has 128 valence electrons. The van der Waals surface area contributed by atoms with Gasteiger partial charge in [-0.1, -0.05) is 0 Å². The summed E-state index contributed by atoms with van der Waals surface area (Å²) < 4.78 is 15.8. The molecule has 2 aromatic carbocycles. The zero-order valence-electron chi connectivity index (χ0n) is 13.7. The van der Waals surface area contributed by atoms with Crippen LogP contribution in [0, 0.1) is 0 Å². The molecule has 0 aliphatic heterocycles. The van der Waals surface area contributed by atoms with E-state index in [4.69, 9.17) is 19.9 Å². The summed E-state index contributed by atoms with van der Waals surface area (Å²) in [6.07, 6.45) is 0. The topological polar surface area (TPSA) is 82.8 Å². The summed E-state index contributed by atoms with van der Waals surface area (Å²) in [4.78, 5) is 12.2. The van der Waals surface area contributed by atoms with E-state index in [0.29, 0.717) is 43.4 Å². The molecule has 0 atom stereocenters. The number of amides is 1. The summed E-state index contributed by atoms with van der Waals surface area (Å²) in [7, 11) is 1.62. The first-order valence-electron chi connectivity index (χ1n) is 7.69. The molecular weight excluding hydrogens is 308 g/mol. The highest BCUT2D eigenvalue weighted by atomic mass is 16.5. The lowest BCUT2D eigenvalue weighted by Gasteiger charge is -2.09. The lowest BCUT2D eigenvalue weighted by atomic mass is 10.2. The minimum atomic E-state index is -0.186. The number of benzene rings is 2. The van der Waals surface area contributed by atoms with E-state index in [1.165, 1.54) is 0 Å². The summed E-state index contributed by atoms with van der Waals surface area (Å²) in [5.41, 5.74) is 6.63. The summed E-state index contributed by atoms with van der Waals surface area (Å²) in [5.74, 6) is 1.23. The van der Waals surface area contributed by atoms with Crippen molar-refractivity contribution in [2.24, 2.45) is 5.73 Å². The van der Waals surface area contributed by atoms with Gasteiger partial charge in [-0.2, -0.15) is 0 Å². The molecule has 1 amide bonds. The third kappa shape index (κ3) is 5.57. The highest BCUT2D eigenvalue weighted by Crippen LogP contribution is 2.17. The summed E-state index contributed by atoms with van der Waals surface area (Å²) in [5, 5.41) is 2.83. The van der Waals surface area contributed by atoms with Crippen molar-refractivity contribution >= 4 is 11.6 Å². The van der Waals surface area contributed by atoms with E-state index in [0.717, 1.165) is 5.75 Å². The average Bonchev–Trinajstić information content (AvgIpc) is 2.62. The van der Waals surface area contributed by atoms with E-state index >= 15 is 0 Å². The maximum atomic E-state index is 12.2. The molecule has 0 aliphatic carbocycles. The van der Waals surface area contributed by atoms with Crippen LogP contribution in [-0.4, -0.2) is 39.4 Å². The number of hydrogen-bond acceptors (Lipinski definition) is 5. The summed E-state index contributed by atoms with van der Waals surface area (Å²) in [6.45, 7) is 1.92. The molecule has 6 nitrogen and oxygen atoms in total. The van der Waals surface area contributed by atoms with Crippen LogP contribution in [0.15, 0.2) is 48.5 Å². The van der Waals surface area contributed by atoms with Crippen LogP contribution in [0.1, 0.15) is 10.4 Å². The Morgan fingerprint density at radius 1 is 0.917 bits per heavy atom. The number of carbonyl (C=O) groups excluding carboxylic acids is 1. The highest BCUT2D eigenvalue weighted by Gasteiger charge is 2.06. The molecule has 0 aliphatic rings. The Balaban J connectivity index is 1.89. The highest BCUT2D eigenvalue weighted by molar-refractivity contribution is 6.04. The fourth-order valence-corrected chi connectivity index (χ4v) is 1.96.